The molecular formula is C19H22ClN5O2. The van der Waals surface area contributed by atoms with E-state index in [4.69, 9.17) is 11.6 Å². The maximum Gasteiger partial charge on any atom is 0.321 e. The molecule has 1 aromatic carbocycles. The van der Waals surface area contributed by atoms with Crippen molar-refractivity contribution in [3.05, 3.63) is 46.7 Å². The number of aryl methyl sites for hydroxylation is 1. The zero-order chi connectivity index (χ0) is 18.8. The van der Waals surface area contributed by atoms with Gasteiger partial charge in [0.05, 0.1) is 17.5 Å². The summed E-state index contributed by atoms with van der Waals surface area (Å²) in [5.41, 5.74) is 2.47. The van der Waals surface area contributed by atoms with Crippen LogP contribution in [0.25, 0.3) is 0 Å². The topological polar surface area (TPSA) is 70.5 Å². The van der Waals surface area contributed by atoms with Crippen molar-refractivity contribution in [3.8, 4) is 0 Å². The van der Waals surface area contributed by atoms with Crippen molar-refractivity contribution >= 4 is 29.2 Å². The Kier molecular flexibility index (Phi) is 5.03. The van der Waals surface area contributed by atoms with Gasteiger partial charge >= 0.3 is 6.03 Å². The van der Waals surface area contributed by atoms with E-state index < -0.39 is 0 Å². The number of hydrogen-bond donors (Lipinski definition) is 1. The van der Waals surface area contributed by atoms with Gasteiger partial charge in [-0.2, -0.15) is 5.10 Å². The van der Waals surface area contributed by atoms with Crippen LogP contribution >= 0.6 is 11.6 Å². The molecule has 0 spiro atoms. The number of rotatable bonds is 2. The second kappa shape index (κ2) is 7.60. The zero-order valence-corrected chi connectivity index (χ0v) is 15.8. The number of fused-ring (bicyclic) bond motifs is 1. The first kappa shape index (κ1) is 17.9. The normalized spacial score (nSPS) is 16.8. The van der Waals surface area contributed by atoms with Gasteiger partial charge in [0.2, 0.25) is 0 Å². The molecule has 0 saturated carbocycles. The number of carbonyl (C=O) groups is 2. The summed E-state index contributed by atoms with van der Waals surface area (Å²) in [7, 11) is 0. The van der Waals surface area contributed by atoms with Gasteiger partial charge in [-0.05, 0) is 43.5 Å². The minimum Gasteiger partial charge on any atom is -0.335 e. The third kappa shape index (κ3) is 3.78. The molecule has 2 aliphatic rings. The smallest absolute Gasteiger partial charge is 0.321 e. The quantitative estimate of drug-likeness (QED) is 0.861. The van der Waals surface area contributed by atoms with Crippen molar-refractivity contribution in [2.75, 3.05) is 31.5 Å². The first-order valence-electron chi connectivity index (χ1n) is 9.27. The monoisotopic (exact) mass is 387 g/mol. The summed E-state index contributed by atoms with van der Waals surface area (Å²) in [5.74, 6) is 0.0240. The third-order valence-corrected chi connectivity index (χ3v) is 5.41. The highest BCUT2D eigenvalue weighted by molar-refractivity contribution is 6.30. The molecule has 3 amide bonds. The summed E-state index contributed by atoms with van der Waals surface area (Å²) < 4.78 is 1.95. The molecule has 7 nitrogen and oxygen atoms in total. The molecule has 2 aromatic rings. The largest absolute Gasteiger partial charge is 0.335 e. The summed E-state index contributed by atoms with van der Waals surface area (Å²) in [4.78, 5) is 28.8. The van der Waals surface area contributed by atoms with Crippen molar-refractivity contribution in [3.63, 3.8) is 0 Å². The average Bonchev–Trinajstić information content (AvgIpc) is 3.13. The Bertz CT molecular complexity index is 840. The standard InChI is InChI=1S/C19H22ClN5O2/c20-14-4-6-15(7-5-14)22-19(27)24-11-9-23(10-12-24)18(26)16-13-21-25-8-2-1-3-17(16)25/h4-7,13H,1-3,8-12H2,(H,22,27). The van der Waals surface area contributed by atoms with E-state index in [0.29, 0.717) is 42.5 Å². The minimum absolute atomic E-state index is 0.0240. The number of carbonyl (C=O) groups excluding carboxylic acids is 2. The van der Waals surface area contributed by atoms with Gasteiger partial charge < -0.3 is 15.1 Å². The molecule has 8 heteroatoms. The first-order valence-corrected chi connectivity index (χ1v) is 9.65. The molecule has 1 N–H and O–H groups in total. The van der Waals surface area contributed by atoms with Crippen LogP contribution < -0.4 is 5.32 Å². The Morgan fingerprint density at radius 3 is 2.41 bits per heavy atom. The Balaban J connectivity index is 1.34. The van der Waals surface area contributed by atoms with Crippen LogP contribution in [0.15, 0.2) is 30.5 Å². The fourth-order valence-corrected chi connectivity index (χ4v) is 3.74. The Morgan fingerprint density at radius 2 is 1.67 bits per heavy atom. The molecule has 142 valence electrons. The van der Waals surface area contributed by atoms with Gasteiger partial charge in [0, 0.05) is 43.4 Å². The van der Waals surface area contributed by atoms with Crippen LogP contribution in [0.1, 0.15) is 28.9 Å². The van der Waals surface area contributed by atoms with Crippen LogP contribution in [0.2, 0.25) is 5.02 Å². The van der Waals surface area contributed by atoms with Gasteiger partial charge in [-0.3, -0.25) is 9.48 Å². The predicted octanol–water partition coefficient (Wildman–Crippen LogP) is 2.86. The van der Waals surface area contributed by atoms with E-state index in [2.05, 4.69) is 10.4 Å². The average molecular weight is 388 g/mol. The van der Waals surface area contributed by atoms with Gasteiger partial charge in [0.1, 0.15) is 0 Å². The number of piperazine rings is 1. The Morgan fingerprint density at radius 1 is 0.963 bits per heavy atom. The molecular weight excluding hydrogens is 366 g/mol. The minimum atomic E-state index is -0.160. The number of urea groups is 1. The predicted molar refractivity (Wildman–Crippen MR) is 103 cm³/mol. The fraction of sp³-hybridized carbons (Fsp3) is 0.421. The van der Waals surface area contributed by atoms with E-state index in [1.807, 2.05) is 9.58 Å². The van der Waals surface area contributed by atoms with Gasteiger partial charge in [-0.15, -0.1) is 0 Å². The molecule has 1 saturated heterocycles. The van der Waals surface area contributed by atoms with Crippen molar-refractivity contribution in [2.24, 2.45) is 0 Å². The SMILES string of the molecule is O=C(Nc1ccc(Cl)cc1)N1CCN(C(=O)c2cnn3c2CCCC3)CC1. The number of anilines is 1. The van der Waals surface area contributed by atoms with Gasteiger partial charge in [-0.25, -0.2) is 4.79 Å². The molecule has 4 rings (SSSR count). The van der Waals surface area contributed by atoms with Crippen molar-refractivity contribution < 1.29 is 9.59 Å². The molecule has 0 atom stereocenters. The molecule has 27 heavy (non-hydrogen) atoms. The molecule has 0 radical (unpaired) electrons. The summed E-state index contributed by atoms with van der Waals surface area (Å²) in [6.07, 6.45) is 4.82. The maximum absolute atomic E-state index is 12.9. The molecule has 1 fully saturated rings. The lowest BCUT2D eigenvalue weighted by Crippen LogP contribution is -2.51. The van der Waals surface area contributed by atoms with Crippen molar-refractivity contribution in [1.29, 1.82) is 0 Å². The van der Waals surface area contributed by atoms with Gasteiger partial charge in [0.15, 0.2) is 0 Å². The second-order valence-corrected chi connectivity index (χ2v) is 7.34. The number of benzene rings is 1. The number of nitrogens with zero attached hydrogens (tertiary/aromatic N) is 4. The van der Waals surface area contributed by atoms with Crippen LogP contribution in [0.3, 0.4) is 0 Å². The number of hydrogen-bond acceptors (Lipinski definition) is 3. The molecule has 0 bridgehead atoms. The van der Waals surface area contributed by atoms with Crippen molar-refractivity contribution in [1.82, 2.24) is 19.6 Å². The van der Waals surface area contributed by atoms with Gasteiger partial charge in [-0.1, -0.05) is 11.6 Å². The van der Waals surface area contributed by atoms with Crippen LogP contribution in [0, 0.1) is 0 Å². The van der Waals surface area contributed by atoms with Crippen LogP contribution in [0.5, 0.6) is 0 Å². The third-order valence-electron chi connectivity index (χ3n) is 5.16. The van der Waals surface area contributed by atoms with E-state index in [1.165, 1.54) is 0 Å². The lowest BCUT2D eigenvalue weighted by molar-refractivity contribution is 0.0670. The van der Waals surface area contributed by atoms with E-state index in [0.717, 1.165) is 31.5 Å². The Hall–Kier alpha value is -2.54. The highest BCUT2D eigenvalue weighted by Crippen LogP contribution is 2.20. The summed E-state index contributed by atoms with van der Waals surface area (Å²) in [6.45, 7) is 2.96. The zero-order valence-electron chi connectivity index (χ0n) is 15.0. The highest BCUT2D eigenvalue weighted by atomic mass is 35.5. The molecule has 0 aliphatic carbocycles. The maximum atomic E-state index is 12.9. The molecule has 3 heterocycles. The lowest BCUT2D eigenvalue weighted by Gasteiger charge is -2.34. The van der Waals surface area contributed by atoms with E-state index >= 15 is 0 Å². The highest BCUT2D eigenvalue weighted by Gasteiger charge is 2.28. The number of halogens is 1. The number of aromatic nitrogens is 2. The summed E-state index contributed by atoms with van der Waals surface area (Å²) >= 11 is 5.86. The summed E-state index contributed by atoms with van der Waals surface area (Å²) in [5, 5.41) is 7.84. The van der Waals surface area contributed by atoms with E-state index in [1.54, 1.807) is 35.4 Å². The van der Waals surface area contributed by atoms with E-state index in [9.17, 15) is 9.59 Å². The van der Waals surface area contributed by atoms with E-state index in [-0.39, 0.29) is 11.9 Å². The van der Waals surface area contributed by atoms with Crippen LogP contribution in [-0.2, 0) is 13.0 Å². The van der Waals surface area contributed by atoms with Gasteiger partial charge in [0.25, 0.3) is 5.91 Å². The van der Waals surface area contributed by atoms with Crippen LogP contribution in [0.4, 0.5) is 10.5 Å². The van der Waals surface area contributed by atoms with Crippen LogP contribution in [-0.4, -0.2) is 57.7 Å². The molecule has 1 aromatic heterocycles. The lowest BCUT2D eigenvalue weighted by atomic mass is 10.1. The summed E-state index contributed by atoms with van der Waals surface area (Å²) in [6, 6.07) is 6.85. The fourth-order valence-electron chi connectivity index (χ4n) is 3.62. The Labute approximate surface area is 162 Å². The first-order chi connectivity index (χ1) is 13.1. The van der Waals surface area contributed by atoms with Crippen molar-refractivity contribution in [2.45, 2.75) is 25.8 Å². The number of nitrogens with one attached hydrogen (secondary N) is 1. The molecule has 2 aliphatic heterocycles. The second-order valence-electron chi connectivity index (χ2n) is 6.90. The number of amides is 3. The molecule has 0 unspecified atom stereocenters.